The molecular formula is C24H31FN4O2. The summed E-state index contributed by atoms with van der Waals surface area (Å²) in [4.78, 5) is 16.0. The van der Waals surface area contributed by atoms with Crippen molar-refractivity contribution < 1.29 is 13.9 Å². The minimum Gasteiger partial charge on any atom is -0.369 e. The van der Waals surface area contributed by atoms with Crippen LogP contribution in [0.25, 0.3) is 11.1 Å². The second kappa shape index (κ2) is 8.99. The molecular weight excluding hydrogens is 395 g/mol. The Balaban J connectivity index is 1.21. The van der Waals surface area contributed by atoms with Gasteiger partial charge < -0.3 is 14.5 Å². The number of carbonyl (C=O) groups is 1. The number of hydrogen-bond donors (Lipinski definition) is 0. The van der Waals surface area contributed by atoms with E-state index in [4.69, 9.17) is 4.74 Å². The molecule has 1 aromatic heterocycles. The van der Waals surface area contributed by atoms with Crippen molar-refractivity contribution in [1.82, 2.24) is 14.7 Å². The first-order valence-electron chi connectivity index (χ1n) is 11.7. The van der Waals surface area contributed by atoms with E-state index in [2.05, 4.69) is 10.00 Å². The van der Waals surface area contributed by atoms with E-state index in [1.807, 2.05) is 27.9 Å². The second-order valence-electron chi connectivity index (χ2n) is 9.07. The molecule has 0 bridgehead atoms. The number of carbonyl (C=O) groups excluding carboxylic acids is 1. The molecule has 0 radical (unpaired) electrons. The Morgan fingerprint density at radius 3 is 2.65 bits per heavy atom. The van der Waals surface area contributed by atoms with Crippen molar-refractivity contribution in [3.05, 3.63) is 36.4 Å². The maximum atomic E-state index is 15.0. The highest BCUT2D eigenvalue weighted by atomic mass is 19.1. The van der Waals surface area contributed by atoms with E-state index in [0.29, 0.717) is 23.9 Å². The molecule has 3 aliphatic heterocycles. The van der Waals surface area contributed by atoms with Crippen LogP contribution in [0.4, 0.5) is 10.1 Å². The molecule has 1 unspecified atom stereocenters. The van der Waals surface area contributed by atoms with E-state index in [0.717, 1.165) is 82.4 Å². The van der Waals surface area contributed by atoms with E-state index in [1.165, 1.54) is 0 Å². The van der Waals surface area contributed by atoms with Gasteiger partial charge in [-0.3, -0.25) is 4.79 Å². The number of benzene rings is 1. The standard InChI is InChI=1S/C24H31FN4O2/c25-21-14-19(20-15-26-29(17-20)24-5-1-2-13-31-24)6-7-22(21)27-11-8-18(9-12-27)16-28-10-3-4-23(28)30/h6-7,14-15,17-18,24H,1-5,8-13,16H2. The predicted octanol–water partition coefficient (Wildman–Crippen LogP) is 4.23. The number of aromatic nitrogens is 2. The third-order valence-corrected chi connectivity index (χ3v) is 6.94. The summed E-state index contributed by atoms with van der Waals surface area (Å²) in [5.41, 5.74) is 2.42. The summed E-state index contributed by atoms with van der Waals surface area (Å²) in [5.74, 6) is 0.628. The number of nitrogens with zero attached hydrogens (tertiary/aromatic N) is 4. The molecule has 2 aromatic rings. The lowest BCUT2D eigenvalue weighted by Crippen LogP contribution is -2.39. The maximum Gasteiger partial charge on any atom is 0.222 e. The van der Waals surface area contributed by atoms with Gasteiger partial charge in [0.15, 0.2) is 0 Å². The number of rotatable bonds is 5. The van der Waals surface area contributed by atoms with Crippen LogP contribution < -0.4 is 4.90 Å². The summed E-state index contributed by atoms with van der Waals surface area (Å²) in [6.07, 6.45) is 10.6. The van der Waals surface area contributed by atoms with Crippen LogP contribution in [0, 0.1) is 11.7 Å². The molecule has 1 atom stereocenters. The predicted molar refractivity (Wildman–Crippen MR) is 117 cm³/mol. The summed E-state index contributed by atoms with van der Waals surface area (Å²) in [6, 6.07) is 5.49. The van der Waals surface area contributed by atoms with Crippen LogP contribution in [0.5, 0.6) is 0 Å². The van der Waals surface area contributed by atoms with Crippen molar-refractivity contribution in [2.75, 3.05) is 37.7 Å². The fourth-order valence-electron chi connectivity index (χ4n) is 5.09. The number of anilines is 1. The van der Waals surface area contributed by atoms with Crippen LogP contribution in [0.2, 0.25) is 0 Å². The van der Waals surface area contributed by atoms with Crippen molar-refractivity contribution in [2.24, 2.45) is 5.92 Å². The summed E-state index contributed by atoms with van der Waals surface area (Å²) >= 11 is 0. The van der Waals surface area contributed by atoms with Gasteiger partial charge in [0.1, 0.15) is 12.0 Å². The second-order valence-corrected chi connectivity index (χ2v) is 9.07. The quantitative estimate of drug-likeness (QED) is 0.718. The van der Waals surface area contributed by atoms with E-state index >= 15 is 4.39 Å². The van der Waals surface area contributed by atoms with Gasteiger partial charge in [0.05, 0.1) is 11.9 Å². The molecule has 0 saturated carbocycles. The monoisotopic (exact) mass is 426 g/mol. The lowest BCUT2D eigenvalue weighted by atomic mass is 9.95. The van der Waals surface area contributed by atoms with Gasteiger partial charge in [0.2, 0.25) is 5.91 Å². The number of amides is 1. The molecule has 4 heterocycles. The lowest BCUT2D eigenvalue weighted by molar-refractivity contribution is -0.128. The number of hydrogen-bond acceptors (Lipinski definition) is 4. The van der Waals surface area contributed by atoms with Gasteiger partial charge in [-0.25, -0.2) is 9.07 Å². The van der Waals surface area contributed by atoms with Crippen molar-refractivity contribution in [1.29, 1.82) is 0 Å². The molecule has 3 aliphatic rings. The summed E-state index contributed by atoms with van der Waals surface area (Å²) in [7, 11) is 0. The smallest absolute Gasteiger partial charge is 0.222 e. The summed E-state index contributed by atoms with van der Waals surface area (Å²) in [5, 5.41) is 4.44. The molecule has 7 heteroatoms. The Kier molecular flexibility index (Phi) is 5.94. The summed E-state index contributed by atoms with van der Waals surface area (Å²) < 4.78 is 22.7. The Bertz CT molecular complexity index is 916. The van der Waals surface area contributed by atoms with Crippen LogP contribution in [0.3, 0.4) is 0 Å². The van der Waals surface area contributed by atoms with Crippen molar-refractivity contribution in [3.8, 4) is 11.1 Å². The molecule has 5 rings (SSSR count). The fourth-order valence-corrected chi connectivity index (χ4v) is 5.09. The molecule has 0 N–H and O–H groups in total. The van der Waals surface area contributed by atoms with Crippen molar-refractivity contribution in [2.45, 2.75) is 51.2 Å². The van der Waals surface area contributed by atoms with E-state index in [-0.39, 0.29) is 12.0 Å². The van der Waals surface area contributed by atoms with E-state index in [1.54, 1.807) is 12.3 Å². The van der Waals surface area contributed by atoms with Gasteiger partial charge in [-0.2, -0.15) is 5.10 Å². The molecule has 166 valence electrons. The first-order valence-corrected chi connectivity index (χ1v) is 11.7. The highest BCUT2D eigenvalue weighted by Gasteiger charge is 2.27. The molecule has 3 fully saturated rings. The zero-order valence-corrected chi connectivity index (χ0v) is 18.0. The van der Waals surface area contributed by atoms with Gasteiger partial charge in [-0.1, -0.05) is 6.07 Å². The van der Waals surface area contributed by atoms with Gasteiger partial charge in [-0.15, -0.1) is 0 Å². The van der Waals surface area contributed by atoms with Gasteiger partial charge >= 0.3 is 0 Å². The van der Waals surface area contributed by atoms with Gasteiger partial charge in [0, 0.05) is 51.0 Å². The molecule has 3 saturated heterocycles. The highest BCUT2D eigenvalue weighted by molar-refractivity contribution is 5.78. The minimum atomic E-state index is -0.188. The molecule has 1 amide bonds. The topological polar surface area (TPSA) is 50.6 Å². The first-order chi connectivity index (χ1) is 15.2. The Labute approximate surface area is 183 Å². The number of piperidine rings is 1. The fraction of sp³-hybridized carbons (Fsp3) is 0.583. The Morgan fingerprint density at radius 2 is 1.94 bits per heavy atom. The normalized spacial score (nSPS) is 23.0. The lowest BCUT2D eigenvalue weighted by Gasteiger charge is -2.35. The molecule has 0 aliphatic carbocycles. The number of halogens is 1. The van der Waals surface area contributed by atoms with Crippen LogP contribution >= 0.6 is 0 Å². The van der Waals surface area contributed by atoms with Crippen LogP contribution in [-0.4, -0.2) is 53.4 Å². The first kappa shape index (κ1) is 20.5. The summed E-state index contributed by atoms with van der Waals surface area (Å²) in [6.45, 7) is 4.20. The third kappa shape index (κ3) is 4.47. The number of ether oxygens (including phenoxy) is 1. The zero-order chi connectivity index (χ0) is 21.2. The average Bonchev–Trinajstić information content (AvgIpc) is 3.45. The molecule has 1 aromatic carbocycles. The molecule has 31 heavy (non-hydrogen) atoms. The molecule has 0 spiro atoms. The average molecular weight is 427 g/mol. The Hall–Kier alpha value is -2.41. The number of likely N-dealkylation sites (tertiary alicyclic amines) is 1. The van der Waals surface area contributed by atoms with E-state index < -0.39 is 0 Å². The van der Waals surface area contributed by atoms with Crippen molar-refractivity contribution in [3.63, 3.8) is 0 Å². The third-order valence-electron chi connectivity index (χ3n) is 6.94. The Morgan fingerprint density at radius 1 is 1.06 bits per heavy atom. The van der Waals surface area contributed by atoms with Crippen LogP contribution in [0.1, 0.15) is 51.2 Å². The zero-order valence-electron chi connectivity index (χ0n) is 18.0. The van der Waals surface area contributed by atoms with Gasteiger partial charge in [0.25, 0.3) is 0 Å². The van der Waals surface area contributed by atoms with Crippen LogP contribution in [-0.2, 0) is 9.53 Å². The largest absolute Gasteiger partial charge is 0.369 e. The maximum absolute atomic E-state index is 15.0. The highest BCUT2D eigenvalue weighted by Crippen LogP contribution is 2.31. The van der Waals surface area contributed by atoms with Crippen molar-refractivity contribution >= 4 is 11.6 Å². The van der Waals surface area contributed by atoms with Gasteiger partial charge in [-0.05, 0) is 62.1 Å². The minimum absolute atomic E-state index is 0.0104. The van der Waals surface area contributed by atoms with Crippen LogP contribution in [0.15, 0.2) is 30.6 Å². The SMILES string of the molecule is O=C1CCCN1CC1CCN(c2ccc(-c3cnn(C4CCCCO4)c3)cc2F)CC1. The van der Waals surface area contributed by atoms with E-state index in [9.17, 15) is 4.79 Å². The molecule has 6 nitrogen and oxygen atoms in total.